The summed E-state index contributed by atoms with van der Waals surface area (Å²) in [5.74, 6) is -0.0532. The van der Waals surface area contributed by atoms with Crippen molar-refractivity contribution in [2.45, 2.75) is 44.4 Å². The second-order valence-electron chi connectivity index (χ2n) is 4.54. The van der Waals surface area contributed by atoms with Crippen LogP contribution in [0.3, 0.4) is 0 Å². The quantitative estimate of drug-likeness (QED) is 0.836. The van der Waals surface area contributed by atoms with Crippen LogP contribution in [0.2, 0.25) is 0 Å². The van der Waals surface area contributed by atoms with E-state index in [1.807, 2.05) is 13.8 Å². The molecule has 1 aromatic carbocycles. The molecule has 0 aliphatic carbocycles. The second kappa shape index (κ2) is 6.82. The second-order valence-corrected chi connectivity index (χ2v) is 6.31. The van der Waals surface area contributed by atoms with E-state index < -0.39 is 10.0 Å². The number of carbonyl (C=O) groups excluding carboxylic acids is 1. The summed E-state index contributed by atoms with van der Waals surface area (Å²) < 4.78 is 26.3. The number of sulfonamides is 1. The van der Waals surface area contributed by atoms with Crippen molar-refractivity contribution >= 4 is 15.8 Å². The Morgan fingerprint density at radius 2 is 1.79 bits per heavy atom. The highest BCUT2D eigenvalue weighted by atomic mass is 32.2. The Labute approximate surface area is 115 Å². The lowest BCUT2D eigenvalue weighted by Crippen LogP contribution is -2.24. The normalized spacial score (nSPS) is 13.2. The molecule has 4 nitrogen and oxygen atoms in total. The SMILES string of the molecule is CCCNS(=O)(=O)c1ccc(C(CC)C(C)=O)cc1. The number of hydrogen-bond donors (Lipinski definition) is 1. The third kappa shape index (κ3) is 4.14. The Bertz CT molecular complexity index is 520. The lowest BCUT2D eigenvalue weighted by molar-refractivity contribution is -0.118. The molecule has 0 saturated carbocycles. The molecule has 0 radical (unpaired) electrons. The number of nitrogens with one attached hydrogen (secondary N) is 1. The average molecular weight is 283 g/mol. The predicted octanol–water partition coefficient (Wildman–Crippen LogP) is 2.46. The van der Waals surface area contributed by atoms with E-state index in [0.29, 0.717) is 6.54 Å². The number of benzene rings is 1. The van der Waals surface area contributed by atoms with Gasteiger partial charge in [0.05, 0.1) is 4.90 Å². The van der Waals surface area contributed by atoms with E-state index in [1.165, 1.54) is 0 Å². The van der Waals surface area contributed by atoms with Crippen LogP contribution in [0.4, 0.5) is 0 Å². The maximum atomic E-state index is 11.9. The first-order valence-electron chi connectivity index (χ1n) is 6.52. The first-order chi connectivity index (χ1) is 8.92. The molecule has 0 saturated heterocycles. The van der Waals surface area contributed by atoms with Crippen LogP contribution in [0, 0.1) is 0 Å². The number of rotatable bonds is 7. The molecule has 0 aliphatic heterocycles. The maximum Gasteiger partial charge on any atom is 0.240 e. The van der Waals surface area contributed by atoms with Crippen molar-refractivity contribution in [3.05, 3.63) is 29.8 Å². The minimum absolute atomic E-state index is 0.0993. The van der Waals surface area contributed by atoms with Crippen LogP contribution in [0.5, 0.6) is 0 Å². The van der Waals surface area contributed by atoms with Crippen molar-refractivity contribution in [2.75, 3.05) is 6.54 Å². The van der Waals surface area contributed by atoms with Gasteiger partial charge in [0.15, 0.2) is 0 Å². The molecule has 1 unspecified atom stereocenters. The van der Waals surface area contributed by atoms with Crippen LogP contribution in [0.25, 0.3) is 0 Å². The molecule has 1 N–H and O–H groups in total. The Hall–Kier alpha value is -1.20. The van der Waals surface area contributed by atoms with Crippen molar-refractivity contribution in [3.63, 3.8) is 0 Å². The van der Waals surface area contributed by atoms with E-state index in [1.54, 1.807) is 31.2 Å². The lowest BCUT2D eigenvalue weighted by Gasteiger charge is -2.12. The molecule has 1 rings (SSSR count). The predicted molar refractivity (Wildman–Crippen MR) is 75.6 cm³/mol. The van der Waals surface area contributed by atoms with Crippen molar-refractivity contribution in [1.82, 2.24) is 4.72 Å². The first-order valence-corrected chi connectivity index (χ1v) is 8.00. The monoisotopic (exact) mass is 283 g/mol. The van der Waals surface area contributed by atoms with Gasteiger partial charge in [-0.1, -0.05) is 26.0 Å². The van der Waals surface area contributed by atoms with E-state index in [-0.39, 0.29) is 16.6 Å². The summed E-state index contributed by atoms with van der Waals surface area (Å²) >= 11 is 0. The highest BCUT2D eigenvalue weighted by Crippen LogP contribution is 2.22. The summed E-state index contributed by atoms with van der Waals surface area (Å²) in [6, 6.07) is 6.55. The van der Waals surface area contributed by atoms with Gasteiger partial charge in [-0.2, -0.15) is 0 Å². The molecule has 5 heteroatoms. The van der Waals surface area contributed by atoms with E-state index in [2.05, 4.69) is 4.72 Å². The van der Waals surface area contributed by atoms with Gasteiger partial charge in [-0.3, -0.25) is 4.79 Å². The van der Waals surface area contributed by atoms with Crippen molar-refractivity contribution in [3.8, 4) is 0 Å². The summed E-state index contributed by atoms with van der Waals surface area (Å²) in [7, 11) is -3.43. The summed E-state index contributed by atoms with van der Waals surface area (Å²) in [6.07, 6.45) is 1.47. The minimum atomic E-state index is -3.43. The standard InChI is InChI=1S/C14H21NO3S/c1-4-10-15-19(17,18)13-8-6-12(7-9-13)14(5-2)11(3)16/h6-9,14-15H,4-5,10H2,1-3H3. The molecule has 0 amide bonds. The van der Waals surface area contributed by atoms with Gasteiger partial charge in [-0.05, 0) is 37.5 Å². The van der Waals surface area contributed by atoms with Crippen molar-refractivity contribution in [1.29, 1.82) is 0 Å². The summed E-state index contributed by atoms with van der Waals surface area (Å²) in [5, 5.41) is 0. The molecular formula is C14H21NO3S. The molecule has 19 heavy (non-hydrogen) atoms. The van der Waals surface area contributed by atoms with Crippen LogP contribution in [0.15, 0.2) is 29.2 Å². The molecule has 106 valence electrons. The molecule has 0 bridgehead atoms. The lowest BCUT2D eigenvalue weighted by atomic mass is 9.93. The van der Waals surface area contributed by atoms with E-state index in [4.69, 9.17) is 0 Å². The van der Waals surface area contributed by atoms with Crippen LogP contribution < -0.4 is 4.72 Å². The third-order valence-corrected chi connectivity index (χ3v) is 4.51. The Balaban J connectivity index is 2.96. The van der Waals surface area contributed by atoms with Crippen molar-refractivity contribution in [2.24, 2.45) is 0 Å². The molecule has 0 aromatic heterocycles. The van der Waals surface area contributed by atoms with Gasteiger partial charge in [-0.15, -0.1) is 0 Å². The van der Waals surface area contributed by atoms with Crippen LogP contribution in [-0.4, -0.2) is 20.7 Å². The Kier molecular flexibility index (Phi) is 5.69. The van der Waals surface area contributed by atoms with Crippen LogP contribution in [0.1, 0.15) is 45.1 Å². The zero-order valence-electron chi connectivity index (χ0n) is 11.6. The summed E-state index contributed by atoms with van der Waals surface area (Å²) in [6.45, 7) is 5.83. The number of ketones is 1. The van der Waals surface area contributed by atoms with Gasteiger partial charge < -0.3 is 0 Å². The Morgan fingerprint density at radius 3 is 2.21 bits per heavy atom. The largest absolute Gasteiger partial charge is 0.299 e. The van der Waals surface area contributed by atoms with Gasteiger partial charge in [0, 0.05) is 12.5 Å². The highest BCUT2D eigenvalue weighted by molar-refractivity contribution is 7.89. The topological polar surface area (TPSA) is 63.2 Å². The maximum absolute atomic E-state index is 11.9. The molecule has 1 atom stereocenters. The first kappa shape index (κ1) is 15.9. The molecule has 1 aromatic rings. The highest BCUT2D eigenvalue weighted by Gasteiger charge is 2.17. The molecular weight excluding hydrogens is 262 g/mol. The van der Waals surface area contributed by atoms with Crippen LogP contribution >= 0.6 is 0 Å². The van der Waals surface area contributed by atoms with E-state index >= 15 is 0 Å². The van der Waals surface area contributed by atoms with E-state index in [0.717, 1.165) is 18.4 Å². The Morgan fingerprint density at radius 1 is 1.21 bits per heavy atom. The summed E-state index contributed by atoms with van der Waals surface area (Å²) in [4.78, 5) is 11.7. The van der Waals surface area contributed by atoms with Gasteiger partial charge in [0.1, 0.15) is 5.78 Å². The van der Waals surface area contributed by atoms with Gasteiger partial charge >= 0.3 is 0 Å². The fourth-order valence-corrected chi connectivity index (χ4v) is 3.09. The van der Waals surface area contributed by atoms with Gasteiger partial charge in [0.2, 0.25) is 10.0 Å². The van der Waals surface area contributed by atoms with Crippen LogP contribution in [-0.2, 0) is 14.8 Å². The van der Waals surface area contributed by atoms with Gasteiger partial charge in [0.25, 0.3) is 0 Å². The number of hydrogen-bond acceptors (Lipinski definition) is 3. The van der Waals surface area contributed by atoms with E-state index in [9.17, 15) is 13.2 Å². The molecule has 0 fully saturated rings. The van der Waals surface area contributed by atoms with Gasteiger partial charge in [-0.25, -0.2) is 13.1 Å². The average Bonchev–Trinajstić information content (AvgIpc) is 2.37. The smallest absolute Gasteiger partial charge is 0.240 e. The minimum Gasteiger partial charge on any atom is -0.299 e. The fraction of sp³-hybridized carbons (Fsp3) is 0.500. The molecule has 0 heterocycles. The zero-order valence-corrected chi connectivity index (χ0v) is 12.5. The zero-order chi connectivity index (χ0) is 14.5. The number of Topliss-reactive ketones (excluding diaryl/α,β-unsaturated/α-hetero) is 1. The fourth-order valence-electron chi connectivity index (χ4n) is 1.96. The summed E-state index contributed by atoms with van der Waals surface area (Å²) in [5.41, 5.74) is 0.865. The third-order valence-electron chi connectivity index (χ3n) is 3.03. The molecule has 0 spiro atoms. The molecule has 0 aliphatic rings. The van der Waals surface area contributed by atoms with Crippen molar-refractivity contribution < 1.29 is 13.2 Å². The number of carbonyl (C=O) groups is 1.